The summed E-state index contributed by atoms with van der Waals surface area (Å²) in [6.45, 7) is 8.14. The zero-order valence-corrected chi connectivity index (χ0v) is 16.1. The van der Waals surface area contributed by atoms with Crippen molar-refractivity contribution in [3.05, 3.63) is 11.9 Å². The minimum atomic E-state index is -0.354. The molecule has 0 fully saturated rings. The summed E-state index contributed by atoms with van der Waals surface area (Å²) in [5.74, 6) is 0.373. The molecule has 0 atom stereocenters. The summed E-state index contributed by atoms with van der Waals surface area (Å²) in [4.78, 5) is 15.5. The molecule has 0 saturated carbocycles. The van der Waals surface area contributed by atoms with Crippen molar-refractivity contribution < 1.29 is 9.53 Å². The highest BCUT2D eigenvalue weighted by Gasteiger charge is 2.17. The number of nitrogens with zero attached hydrogens (tertiary/aromatic N) is 4. The molecule has 0 amide bonds. The van der Waals surface area contributed by atoms with E-state index in [9.17, 15) is 4.79 Å². The van der Waals surface area contributed by atoms with Crippen molar-refractivity contribution in [2.24, 2.45) is 10.4 Å². The first-order valence-electron chi connectivity index (χ1n) is 8.80. The van der Waals surface area contributed by atoms with Crippen LogP contribution in [0.4, 0.5) is 0 Å². The summed E-state index contributed by atoms with van der Waals surface area (Å²) >= 11 is 0. The number of aromatic nitrogens is 3. The lowest BCUT2D eigenvalue weighted by molar-refractivity contribution is -0.141. The molecule has 2 N–H and O–H groups in total. The molecule has 25 heavy (non-hydrogen) atoms. The van der Waals surface area contributed by atoms with E-state index in [0.717, 1.165) is 18.2 Å². The standard InChI is InChI=1S/C17H32N6O2/c1-6-7-8-9-17(2,3)13-20-16(18-4)19-10-14-11-23(22-21-14)12-15(24)25-5/h11H,6-10,12-13H2,1-5H3,(H2,18,19,20). The smallest absolute Gasteiger partial charge is 0.327 e. The quantitative estimate of drug-likeness (QED) is 0.288. The SMILES string of the molecule is CCCCCC(C)(C)CNC(=NC)NCc1cn(CC(=O)OC)nn1. The van der Waals surface area contributed by atoms with Crippen molar-refractivity contribution in [3.8, 4) is 0 Å². The second kappa shape index (κ2) is 10.7. The molecule has 1 rings (SSSR count). The van der Waals surface area contributed by atoms with E-state index in [1.807, 2.05) is 0 Å². The summed E-state index contributed by atoms with van der Waals surface area (Å²) in [5, 5.41) is 14.5. The molecule has 142 valence electrons. The maximum absolute atomic E-state index is 11.2. The number of esters is 1. The van der Waals surface area contributed by atoms with Crippen LogP contribution in [0.2, 0.25) is 0 Å². The van der Waals surface area contributed by atoms with Gasteiger partial charge in [0, 0.05) is 13.6 Å². The highest BCUT2D eigenvalue weighted by molar-refractivity contribution is 5.79. The zero-order valence-electron chi connectivity index (χ0n) is 16.1. The summed E-state index contributed by atoms with van der Waals surface area (Å²) in [7, 11) is 3.09. The van der Waals surface area contributed by atoms with Crippen molar-refractivity contribution in [2.45, 2.75) is 59.5 Å². The van der Waals surface area contributed by atoms with Crippen molar-refractivity contribution in [1.82, 2.24) is 25.6 Å². The van der Waals surface area contributed by atoms with Crippen molar-refractivity contribution in [2.75, 3.05) is 20.7 Å². The van der Waals surface area contributed by atoms with Crippen molar-refractivity contribution >= 4 is 11.9 Å². The number of guanidine groups is 1. The molecule has 0 saturated heterocycles. The second-order valence-electron chi connectivity index (χ2n) is 6.88. The van der Waals surface area contributed by atoms with Gasteiger partial charge in [0.1, 0.15) is 12.2 Å². The second-order valence-corrected chi connectivity index (χ2v) is 6.88. The van der Waals surface area contributed by atoms with Gasteiger partial charge in [-0.25, -0.2) is 4.68 Å². The summed E-state index contributed by atoms with van der Waals surface area (Å²) in [6, 6.07) is 0. The van der Waals surface area contributed by atoms with Gasteiger partial charge in [0.15, 0.2) is 5.96 Å². The Kier molecular flexibility index (Phi) is 8.94. The average molecular weight is 352 g/mol. The number of hydrogen-bond acceptors (Lipinski definition) is 5. The van der Waals surface area contributed by atoms with Gasteiger partial charge < -0.3 is 15.4 Å². The molecule has 0 aromatic carbocycles. The van der Waals surface area contributed by atoms with Crippen molar-refractivity contribution in [1.29, 1.82) is 0 Å². The fraction of sp³-hybridized carbons (Fsp3) is 0.765. The molecule has 0 unspecified atom stereocenters. The van der Waals surface area contributed by atoms with E-state index < -0.39 is 0 Å². The molecule has 8 heteroatoms. The van der Waals surface area contributed by atoms with E-state index in [1.165, 1.54) is 37.5 Å². The maximum atomic E-state index is 11.2. The number of hydrogen-bond donors (Lipinski definition) is 2. The molecule has 1 aromatic rings. The first-order chi connectivity index (χ1) is 11.9. The van der Waals surface area contributed by atoms with Gasteiger partial charge in [-0.1, -0.05) is 45.2 Å². The lowest BCUT2D eigenvalue weighted by Crippen LogP contribution is -2.41. The number of unbranched alkanes of at least 4 members (excludes halogenated alkanes) is 2. The minimum Gasteiger partial charge on any atom is -0.468 e. The Bertz CT molecular complexity index is 553. The summed E-state index contributed by atoms with van der Waals surface area (Å²) in [6.07, 6.45) is 6.67. The molecular formula is C17H32N6O2. The molecule has 0 radical (unpaired) electrons. The number of nitrogens with one attached hydrogen (secondary N) is 2. The van der Waals surface area contributed by atoms with Gasteiger partial charge in [-0.15, -0.1) is 5.10 Å². The first kappa shape index (κ1) is 20.9. The van der Waals surface area contributed by atoms with Crippen LogP contribution in [0.25, 0.3) is 0 Å². The molecule has 1 aromatic heterocycles. The van der Waals surface area contributed by atoms with Gasteiger partial charge in [-0.05, 0) is 11.8 Å². The maximum Gasteiger partial charge on any atom is 0.327 e. The zero-order chi connectivity index (χ0) is 18.7. The molecule has 1 heterocycles. The number of methoxy groups -OCH3 is 1. The number of rotatable bonds is 10. The monoisotopic (exact) mass is 352 g/mol. The molecule has 0 bridgehead atoms. The molecule has 0 aliphatic carbocycles. The van der Waals surface area contributed by atoms with Crippen LogP contribution in [0.1, 0.15) is 52.1 Å². The summed E-state index contributed by atoms with van der Waals surface area (Å²) in [5.41, 5.74) is 0.949. The van der Waals surface area contributed by atoms with E-state index in [0.29, 0.717) is 6.54 Å². The van der Waals surface area contributed by atoms with Crippen LogP contribution in [0.5, 0.6) is 0 Å². The van der Waals surface area contributed by atoms with E-state index in [4.69, 9.17) is 0 Å². The van der Waals surface area contributed by atoms with Gasteiger partial charge in [-0.2, -0.15) is 0 Å². The Morgan fingerprint density at radius 2 is 2.12 bits per heavy atom. The fourth-order valence-electron chi connectivity index (χ4n) is 2.35. The van der Waals surface area contributed by atoms with Crippen LogP contribution in [-0.2, 0) is 22.6 Å². The van der Waals surface area contributed by atoms with Gasteiger partial charge >= 0.3 is 5.97 Å². The van der Waals surface area contributed by atoms with Crippen molar-refractivity contribution in [3.63, 3.8) is 0 Å². The van der Waals surface area contributed by atoms with E-state index in [-0.39, 0.29) is 17.9 Å². The third-order valence-electron chi connectivity index (χ3n) is 3.96. The Morgan fingerprint density at radius 3 is 2.76 bits per heavy atom. The van der Waals surface area contributed by atoms with Crippen LogP contribution in [0.3, 0.4) is 0 Å². The third-order valence-corrected chi connectivity index (χ3v) is 3.96. The molecular weight excluding hydrogens is 320 g/mol. The van der Waals surface area contributed by atoms with Crippen LogP contribution in [0.15, 0.2) is 11.2 Å². The lowest BCUT2D eigenvalue weighted by Gasteiger charge is -2.26. The Hall–Kier alpha value is -2.12. The van der Waals surface area contributed by atoms with E-state index >= 15 is 0 Å². The fourth-order valence-corrected chi connectivity index (χ4v) is 2.35. The Balaban J connectivity index is 2.40. The van der Waals surface area contributed by atoms with Crippen LogP contribution in [0, 0.1) is 5.41 Å². The predicted octanol–water partition coefficient (Wildman–Crippen LogP) is 1.72. The molecule has 8 nitrogen and oxygen atoms in total. The van der Waals surface area contributed by atoms with Gasteiger partial charge in [0.25, 0.3) is 0 Å². The number of carbonyl (C=O) groups is 1. The number of carbonyl (C=O) groups excluding carboxylic acids is 1. The van der Waals surface area contributed by atoms with Gasteiger partial charge in [0.05, 0.1) is 19.9 Å². The van der Waals surface area contributed by atoms with E-state index in [1.54, 1.807) is 13.2 Å². The molecule has 0 spiro atoms. The minimum absolute atomic E-state index is 0.0580. The van der Waals surface area contributed by atoms with Crippen LogP contribution >= 0.6 is 0 Å². The predicted molar refractivity (Wildman–Crippen MR) is 98.2 cm³/mol. The lowest BCUT2D eigenvalue weighted by atomic mass is 9.87. The van der Waals surface area contributed by atoms with E-state index in [2.05, 4.69) is 51.4 Å². The largest absolute Gasteiger partial charge is 0.468 e. The van der Waals surface area contributed by atoms with Crippen LogP contribution < -0.4 is 10.6 Å². The first-order valence-corrected chi connectivity index (χ1v) is 8.80. The number of aliphatic imine (C=N–C) groups is 1. The normalized spacial score (nSPS) is 12.1. The molecule has 0 aliphatic rings. The highest BCUT2D eigenvalue weighted by atomic mass is 16.5. The van der Waals surface area contributed by atoms with Gasteiger partial charge in [0.2, 0.25) is 0 Å². The third kappa shape index (κ3) is 8.51. The topological polar surface area (TPSA) is 93.4 Å². The summed E-state index contributed by atoms with van der Waals surface area (Å²) < 4.78 is 6.06. The van der Waals surface area contributed by atoms with Crippen LogP contribution in [-0.4, -0.2) is 47.6 Å². The highest BCUT2D eigenvalue weighted by Crippen LogP contribution is 2.22. The van der Waals surface area contributed by atoms with Gasteiger partial charge in [-0.3, -0.25) is 9.79 Å². The average Bonchev–Trinajstić information content (AvgIpc) is 3.02. The molecule has 0 aliphatic heterocycles. The Morgan fingerprint density at radius 1 is 1.36 bits per heavy atom. The number of ether oxygens (including phenoxy) is 1. The Labute approximate surface area is 150 Å².